The Hall–Kier alpha value is -5.99. The monoisotopic (exact) mass is 1000 g/mol. The van der Waals surface area contributed by atoms with Crippen LogP contribution in [0.25, 0.3) is 17.1 Å². The molecule has 4 aliphatic rings. The second-order valence-electron chi connectivity index (χ2n) is 20.5. The highest BCUT2D eigenvalue weighted by atomic mass is 35.5. The molecule has 2 aromatic heterocycles. The number of piperazine rings is 1. The molecule has 3 saturated heterocycles. The first-order chi connectivity index (χ1) is 34.9. The van der Waals surface area contributed by atoms with Crippen molar-refractivity contribution in [1.29, 1.82) is 5.26 Å². The van der Waals surface area contributed by atoms with Gasteiger partial charge in [0.2, 0.25) is 5.95 Å². The molecule has 3 aliphatic heterocycles. The Morgan fingerprint density at radius 2 is 1.42 bits per heavy atom. The highest BCUT2D eigenvalue weighted by Gasteiger charge is 2.29. The van der Waals surface area contributed by atoms with E-state index in [0.29, 0.717) is 45.3 Å². The van der Waals surface area contributed by atoms with E-state index in [-0.39, 0.29) is 29.7 Å². The van der Waals surface area contributed by atoms with Gasteiger partial charge in [0, 0.05) is 96.5 Å². The molecule has 16 nitrogen and oxygen atoms in total. The highest BCUT2D eigenvalue weighted by molar-refractivity contribution is 6.31. The summed E-state index contributed by atoms with van der Waals surface area (Å²) in [5, 5.41) is 17.3. The number of ether oxygens (including phenoxy) is 3. The van der Waals surface area contributed by atoms with Gasteiger partial charge in [0.1, 0.15) is 23.3 Å². The minimum atomic E-state index is -0.214. The van der Waals surface area contributed by atoms with Crippen molar-refractivity contribution in [3.63, 3.8) is 0 Å². The van der Waals surface area contributed by atoms with Gasteiger partial charge in [-0.2, -0.15) is 5.26 Å². The summed E-state index contributed by atoms with van der Waals surface area (Å²) in [5.41, 5.74) is 4.46. The zero-order valence-electron chi connectivity index (χ0n) is 42.6. The second-order valence-corrected chi connectivity index (χ2v) is 20.9. The van der Waals surface area contributed by atoms with E-state index >= 15 is 0 Å². The molecule has 1 aliphatic carbocycles. The molecular formula is C55H70ClN11O5. The maximum atomic E-state index is 13.5. The number of piperidine rings is 2. The Bertz CT molecular complexity index is 2720. The summed E-state index contributed by atoms with van der Waals surface area (Å²) < 4.78 is 20.6. The van der Waals surface area contributed by atoms with Crippen molar-refractivity contribution >= 4 is 23.5 Å². The van der Waals surface area contributed by atoms with Crippen molar-refractivity contribution in [1.82, 2.24) is 44.3 Å². The van der Waals surface area contributed by atoms with Crippen molar-refractivity contribution < 1.29 is 19.0 Å². The third-order valence-electron chi connectivity index (χ3n) is 15.3. The molecule has 4 fully saturated rings. The Labute approximate surface area is 428 Å². The molecular weight excluding hydrogens is 930 g/mol. The maximum Gasteiger partial charge on any atom is 0.350 e. The fourth-order valence-corrected chi connectivity index (χ4v) is 11.2. The number of halogens is 1. The van der Waals surface area contributed by atoms with Crippen LogP contribution in [0.4, 0.5) is 5.95 Å². The lowest BCUT2D eigenvalue weighted by molar-refractivity contribution is 0.0867. The normalized spacial score (nSPS) is 19.8. The van der Waals surface area contributed by atoms with Gasteiger partial charge in [0.25, 0.3) is 5.91 Å². The molecule has 0 atom stereocenters. The van der Waals surface area contributed by atoms with E-state index in [0.717, 1.165) is 119 Å². The van der Waals surface area contributed by atoms with Crippen LogP contribution in [-0.2, 0) is 13.6 Å². The van der Waals surface area contributed by atoms with Gasteiger partial charge in [-0.15, -0.1) is 5.10 Å². The van der Waals surface area contributed by atoms with Crippen LogP contribution in [-0.4, -0.2) is 137 Å². The van der Waals surface area contributed by atoms with Crippen LogP contribution in [0, 0.1) is 23.2 Å². The van der Waals surface area contributed by atoms with Crippen molar-refractivity contribution in [3.8, 4) is 40.4 Å². The van der Waals surface area contributed by atoms with Crippen LogP contribution in [0.15, 0.2) is 71.8 Å². The summed E-state index contributed by atoms with van der Waals surface area (Å²) in [6.07, 6.45) is 11.4. The molecule has 72 heavy (non-hydrogen) atoms. The van der Waals surface area contributed by atoms with Gasteiger partial charge in [-0.1, -0.05) is 37.6 Å². The molecule has 0 spiro atoms. The molecule has 1 N–H and O–H groups in total. The number of rotatable bonds is 16. The lowest BCUT2D eigenvalue weighted by Gasteiger charge is -2.40. The number of carbonyl (C=O) groups excluding carboxylic acids is 1. The average molecular weight is 1000 g/mol. The second kappa shape index (κ2) is 23.3. The topological polar surface area (TPSA) is 159 Å². The molecule has 1 saturated carbocycles. The third kappa shape index (κ3) is 12.1. The van der Waals surface area contributed by atoms with Gasteiger partial charge in [0.05, 0.1) is 47.7 Å². The summed E-state index contributed by atoms with van der Waals surface area (Å²) in [7, 11) is 4.96. The molecule has 9 rings (SSSR count). The molecule has 0 bridgehead atoms. The molecule has 17 heteroatoms. The van der Waals surface area contributed by atoms with Crippen molar-refractivity contribution in [2.24, 2.45) is 18.9 Å². The number of hydrogen-bond acceptors (Lipinski definition) is 13. The average Bonchev–Trinajstić information content (AvgIpc) is 3.70. The first kappa shape index (κ1) is 50.9. The summed E-state index contributed by atoms with van der Waals surface area (Å²) >= 11 is 6.18. The maximum absolute atomic E-state index is 13.5. The SMILES string of the molecule is COc1cc(OC)c(C(C)C)cc1-c1nn(C)c(=O)n1-c1ccc(CN2CCN(CC3CCN(CC4CCN(c5ncc(C(=O)NC6CCC(Oc7ccc(C#N)c(Cl)c7)CC6)cn5)CC4)CC3)CC2)cc1. The first-order valence-electron chi connectivity index (χ1n) is 25.9. The lowest BCUT2D eigenvalue weighted by atomic mass is 9.92. The first-order valence-corrected chi connectivity index (χ1v) is 26.3. The Morgan fingerprint density at radius 1 is 0.792 bits per heavy atom. The fraction of sp³-hybridized carbons (Fsp3) is 0.527. The predicted molar refractivity (Wildman–Crippen MR) is 280 cm³/mol. The molecule has 0 radical (unpaired) electrons. The van der Waals surface area contributed by atoms with Crippen LogP contribution < -0.4 is 30.1 Å². The number of nitrogens with zero attached hydrogens (tertiary/aromatic N) is 10. The molecule has 382 valence electrons. The Kier molecular flexibility index (Phi) is 16.5. The number of nitrogens with one attached hydrogen (secondary N) is 1. The van der Waals surface area contributed by atoms with Gasteiger partial charge in [-0.3, -0.25) is 9.69 Å². The number of likely N-dealkylation sites (tertiary alicyclic amines) is 1. The van der Waals surface area contributed by atoms with E-state index in [9.17, 15) is 9.59 Å². The number of aryl methyl sites for hydroxylation is 1. The van der Waals surface area contributed by atoms with Gasteiger partial charge in [-0.25, -0.2) is 24.0 Å². The van der Waals surface area contributed by atoms with Gasteiger partial charge < -0.3 is 34.2 Å². The summed E-state index contributed by atoms with van der Waals surface area (Å²) in [6.45, 7) is 15.9. The quantitative estimate of drug-likeness (QED) is 0.103. The van der Waals surface area contributed by atoms with E-state index in [1.807, 2.05) is 24.3 Å². The largest absolute Gasteiger partial charge is 0.496 e. The minimum Gasteiger partial charge on any atom is -0.496 e. The van der Waals surface area contributed by atoms with Crippen LogP contribution in [0.3, 0.4) is 0 Å². The number of methoxy groups -OCH3 is 2. The Balaban J connectivity index is 0.663. The van der Waals surface area contributed by atoms with E-state index in [4.69, 9.17) is 31.1 Å². The molecule has 3 aromatic carbocycles. The standard InChI is InChI=1S/C55H70ClN11O5/c1-37(2)47-29-48(51(71-5)30-50(47)70-4)52-61-62(3)55(69)67(52)44-11-6-38(7-12-44)34-64-24-26-65(27-25-64)36-39-16-20-63(21-17-39)35-40-18-22-66(23-19-40)54-58-32-42(33-59-54)53(68)60-43-9-14-45(15-10-43)72-46-13-8-41(31-57)49(56)28-46/h6-8,11-13,28-30,32-33,37,39-40,43,45H,9-10,14-27,34-36H2,1-5H3,(H,60,68). The lowest BCUT2D eigenvalue weighted by Crippen LogP contribution is -2.48. The third-order valence-corrected chi connectivity index (χ3v) is 15.6. The summed E-state index contributed by atoms with van der Waals surface area (Å²) in [6, 6.07) is 19.5. The number of hydrogen-bond donors (Lipinski definition) is 1. The van der Waals surface area contributed by atoms with Crippen molar-refractivity contribution in [2.45, 2.75) is 89.8 Å². The zero-order valence-corrected chi connectivity index (χ0v) is 43.3. The molecule has 1 amide bonds. The van der Waals surface area contributed by atoms with Crippen LogP contribution in [0.5, 0.6) is 17.2 Å². The molecule has 5 heterocycles. The number of aromatic nitrogens is 5. The number of benzene rings is 3. The van der Waals surface area contributed by atoms with E-state index in [1.165, 1.54) is 42.7 Å². The smallest absolute Gasteiger partial charge is 0.350 e. The number of nitriles is 1. The Morgan fingerprint density at radius 3 is 2.03 bits per heavy atom. The van der Waals surface area contributed by atoms with Crippen LogP contribution >= 0.6 is 11.6 Å². The number of amides is 1. The van der Waals surface area contributed by atoms with Crippen molar-refractivity contribution in [2.75, 3.05) is 84.6 Å². The van der Waals surface area contributed by atoms with Crippen molar-refractivity contribution in [3.05, 3.63) is 105 Å². The minimum absolute atomic E-state index is 0.0418. The number of carbonyl (C=O) groups is 1. The van der Waals surface area contributed by atoms with Gasteiger partial charge in [0.15, 0.2) is 5.82 Å². The van der Waals surface area contributed by atoms with E-state index in [2.05, 4.69) is 72.0 Å². The molecule has 5 aromatic rings. The summed E-state index contributed by atoms with van der Waals surface area (Å²) in [5.74, 6) is 4.72. The van der Waals surface area contributed by atoms with E-state index in [1.54, 1.807) is 56.4 Å². The van der Waals surface area contributed by atoms with E-state index < -0.39 is 0 Å². The highest BCUT2D eigenvalue weighted by Crippen LogP contribution is 2.39. The van der Waals surface area contributed by atoms with Gasteiger partial charge >= 0.3 is 5.69 Å². The van der Waals surface area contributed by atoms with Crippen LogP contribution in [0.2, 0.25) is 5.02 Å². The fourth-order valence-electron chi connectivity index (χ4n) is 11.0. The van der Waals surface area contributed by atoms with Crippen LogP contribution in [0.1, 0.15) is 98.2 Å². The summed E-state index contributed by atoms with van der Waals surface area (Å²) in [4.78, 5) is 46.0. The van der Waals surface area contributed by atoms with Gasteiger partial charge in [-0.05, 0) is 124 Å². The predicted octanol–water partition coefficient (Wildman–Crippen LogP) is 7.56. The number of anilines is 1. The molecule has 0 unspecified atom stereocenters. The zero-order chi connectivity index (χ0) is 50.3.